The van der Waals surface area contributed by atoms with E-state index >= 15 is 0 Å². The molecule has 4 aromatic rings. The Morgan fingerprint density at radius 3 is 2.82 bits per heavy atom. The Balaban J connectivity index is 1.56. The molecular formula is C21H19N3OS3. The van der Waals surface area contributed by atoms with Crippen molar-refractivity contribution in [3.8, 4) is 0 Å². The van der Waals surface area contributed by atoms with Crippen molar-refractivity contribution in [3.05, 3.63) is 69.0 Å². The summed E-state index contributed by atoms with van der Waals surface area (Å²) in [7, 11) is 0. The van der Waals surface area contributed by atoms with E-state index in [9.17, 15) is 4.79 Å². The number of nitrogens with zero attached hydrogens (tertiary/aromatic N) is 2. The third kappa shape index (κ3) is 3.97. The highest BCUT2D eigenvalue weighted by Crippen LogP contribution is 2.38. The van der Waals surface area contributed by atoms with E-state index in [-0.39, 0.29) is 5.91 Å². The number of rotatable bonds is 6. The number of thiophene rings is 2. The van der Waals surface area contributed by atoms with Crippen LogP contribution in [0, 0.1) is 13.8 Å². The maximum Gasteiger partial charge on any atom is 0.252 e. The average molecular weight is 426 g/mol. The second-order valence-electron chi connectivity index (χ2n) is 6.33. The van der Waals surface area contributed by atoms with E-state index < -0.39 is 0 Å². The van der Waals surface area contributed by atoms with Gasteiger partial charge in [-0.15, -0.1) is 22.7 Å². The second-order valence-corrected chi connectivity index (χ2v) is 9.59. The number of benzene rings is 1. The predicted octanol–water partition coefficient (Wildman–Crippen LogP) is 5.49. The molecule has 28 heavy (non-hydrogen) atoms. The molecule has 1 aromatic carbocycles. The quantitative estimate of drug-likeness (QED) is 0.415. The van der Waals surface area contributed by atoms with Crippen LogP contribution < -0.4 is 5.32 Å². The highest BCUT2D eigenvalue weighted by molar-refractivity contribution is 7.99. The largest absolute Gasteiger partial charge is 0.352 e. The molecular weight excluding hydrogens is 406 g/mol. The first-order valence-electron chi connectivity index (χ1n) is 8.91. The molecule has 3 heterocycles. The van der Waals surface area contributed by atoms with Gasteiger partial charge < -0.3 is 5.32 Å². The first-order chi connectivity index (χ1) is 13.6. The molecule has 0 fully saturated rings. The zero-order valence-electron chi connectivity index (χ0n) is 15.6. The van der Waals surface area contributed by atoms with Crippen LogP contribution in [0.1, 0.15) is 25.7 Å². The van der Waals surface area contributed by atoms with E-state index in [0.717, 1.165) is 26.6 Å². The predicted molar refractivity (Wildman–Crippen MR) is 118 cm³/mol. The summed E-state index contributed by atoms with van der Waals surface area (Å²) >= 11 is 4.92. The lowest BCUT2D eigenvalue weighted by molar-refractivity contribution is 0.0951. The van der Waals surface area contributed by atoms with Crippen LogP contribution in [-0.2, 0) is 6.42 Å². The van der Waals surface area contributed by atoms with Crippen LogP contribution in [-0.4, -0.2) is 22.4 Å². The van der Waals surface area contributed by atoms with Gasteiger partial charge in [0.05, 0.1) is 5.56 Å². The van der Waals surface area contributed by atoms with Crippen molar-refractivity contribution in [2.75, 3.05) is 6.54 Å². The van der Waals surface area contributed by atoms with E-state index in [1.54, 1.807) is 29.0 Å². The molecule has 142 valence electrons. The fraction of sp³-hybridized carbons (Fsp3) is 0.190. The molecule has 0 atom stereocenters. The molecule has 0 aliphatic rings. The normalized spacial score (nSPS) is 11.1. The van der Waals surface area contributed by atoms with E-state index in [2.05, 4.69) is 40.6 Å². The first-order valence-corrected chi connectivity index (χ1v) is 11.4. The zero-order valence-corrected chi connectivity index (χ0v) is 18.0. The molecule has 0 aliphatic carbocycles. The van der Waals surface area contributed by atoms with Gasteiger partial charge in [-0.3, -0.25) is 4.79 Å². The molecule has 1 N–H and O–H groups in total. The summed E-state index contributed by atoms with van der Waals surface area (Å²) in [5, 5.41) is 7.08. The minimum Gasteiger partial charge on any atom is -0.352 e. The number of hydrogen-bond donors (Lipinski definition) is 1. The lowest BCUT2D eigenvalue weighted by Crippen LogP contribution is -2.26. The number of hydrogen-bond acceptors (Lipinski definition) is 6. The molecule has 0 saturated heterocycles. The minimum absolute atomic E-state index is 0.0526. The number of fused-ring (bicyclic) bond motifs is 1. The van der Waals surface area contributed by atoms with E-state index in [0.29, 0.717) is 12.1 Å². The van der Waals surface area contributed by atoms with Gasteiger partial charge in [0.15, 0.2) is 0 Å². The summed E-state index contributed by atoms with van der Waals surface area (Å²) in [6.07, 6.45) is 2.45. The number of aryl methyl sites for hydroxylation is 2. The Morgan fingerprint density at radius 1 is 1.14 bits per heavy atom. The monoisotopic (exact) mass is 425 g/mol. The number of carbonyl (C=O) groups is 1. The summed E-state index contributed by atoms with van der Waals surface area (Å²) in [6.45, 7) is 4.83. The molecule has 0 unspecified atom stereocenters. The molecule has 0 bridgehead atoms. The van der Waals surface area contributed by atoms with Crippen molar-refractivity contribution in [2.45, 2.75) is 30.2 Å². The topological polar surface area (TPSA) is 54.9 Å². The van der Waals surface area contributed by atoms with Crippen LogP contribution in [0.25, 0.3) is 10.2 Å². The molecule has 0 radical (unpaired) electrons. The summed E-state index contributed by atoms with van der Waals surface area (Å²) in [5.41, 5.74) is 1.89. The van der Waals surface area contributed by atoms with Gasteiger partial charge in [0.25, 0.3) is 5.91 Å². The summed E-state index contributed by atoms with van der Waals surface area (Å²) in [6, 6.07) is 11.8. The third-order valence-corrected chi connectivity index (χ3v) is 7.64. The zero-order chi connectivity index (χ0) is 19.5. The average Bonchev–Trinajstić information content (AvgIpc) is 3.31. The van der Waals surface area contributed by atoms with Crippen LogP contribution >= 0.6 is 34.4 Å². The van der Waals surface area contributed by atoms with Crippen molar-refractivity contribution in [3.63, 3.8) is 0 Å². The Bertz CT molecular complexity index is 1120. The number of carbonyl (C=O) groups excluding carboxylic acids is 1. The van der Waals surface area contributed by atoms with Crippen LogP contribution in [0.3, 0.4) is 0 Å². The first kappa shape index (κ1) is 19.1. The van der Waals surface area contributed by atoms with Gasteiger partial charge in [0, 0.05) is 26.6 Å². The highest BCUT2D eigenvalue weighted by atomic mass is 32.2. The lowest BCUT2D eigenvalue weighted by atomic mass is 10.2. The lowest BCUT2D eigenvalue weighted by Gasteiger charge is -2.10. The second kappa shape index (κ2) is 8.43. The molecule has 7 heteroatoms. The van der Waals surface area contributed by atoms with Crippen molar-refractivity contribution in [2.24, 2.45) is 0 Å². The smallest absolute Gasteiger partial charge is 0.252 e. The van der Waals surface area contributed by atoms with Gasteiger partial charge in [0.1, 0.15) is 16.2 Å². The van der Waals surface area contributed by atoms with Crippen molar-refractivity contribution < 1.29 is 4.79 Å². The molecule has 4 rings (SSSR count). The van der Waals surface area contributed by atoms with Crippen molar-refractivity contribution in [1.82, 2.24) is 15.3 Å². The number of aromatic nitrogens is 2. The van der Waals surface area contributed by atoms with Gasteiger partial charge in [0.2, 0.25) is 0 Å². The van der Waals surface area contributed by atoms with Gasteiger partial charge in [-0.1, -0.05) is 30.0 Å². The van der Waals surface area contributed by atoms with E-state index in [1.807, 2.05) is 30.3 Å². The van der Waals surface area contributed by atoms with Crippen LogP contribution in [0.15, 0.2) is 58.0 Å². The Kier molecular flexibility index (Phi) is 5.75. The summed E-state index contributed by atoms with van der Waals surface area (Å²) in [4.78, 5) is 26.1. The maximum atomic E-state index is 12.8. The van der Waals surface area contributed by atoms with Gasteiger partial charge >= 0.3 is 0 Å². The molecule has 0 spiro atoms. The number of amides is 1. The molecule has 0 saturated carbocycles. The van der Waals surface area contributed by atoms with E-state index in [4.69, 9.17) is 0 Å². The molecule has 4 nitrogen and oxygen atoms in total. The molecule has 1 amide bonds. The van der Waals surface area contributed by atoms with Crippen LogP contribution in [0.4, 0.5) is 0 Å². The fourth-order valence-corrected chi connectivity index (χ4v) is 5.77. The third-order valence-electron chi connectivity index (χ3n) is 4.51. The van der Waals surface area contributed by atoms with Crippen molar-refractivity contribution >= 4 is 50.6 Å². The van der Waals surface area contributed by atoms with Gasteiger partial charge in [-0.2, -0.15) is 0 Å². The Labute approximate surface area is 176 Å². The Hall–Kier alpha value is -2.22. The van der Waals surface area contributed by atoms with Gasteiger partial charge in [-0.25, -0.2) is 9.97 Å². The Morgan fingerprint density at radius 2 is 2.00 bits per heavy atom. The standard InChI is InChI=1S/C21H19N3OS3/c1-13-14(2)27-20-18(13)21(24-12-23-20)28-17-8-4-3-7-16(17)19(25)22-10-9-15-6-5-11-26-15/h3-8,11-12H,9-10H2,1-2H3,(H,22,25). The van der Waals surface area contributed by atoms with Crippen LogP contribution in [0.5, 0.6) is 0 Å². The summed E-state index contributed by atoms with van der Waals surface area (Å²) in [5.74, 6) is -0.0526. The maximum absolute atomic E-state index is 12.8. The summed E-state index contributed by atoms with van der Waals surface area (Å²) < 4.78 is 0. The number of nitrogens with one attached hydrogen (secondary N) is 1. The van der Waals surface area contributed by atoms with Gasteiger partial charge in [-0.05, 0) is 49.4 Å². The van der Waals surface area contributed by atoms with Crippen LogP contribution in [0.2, 0.25) is 0 Å². The fourth-order valence-electron chi connectivity index (χ4n) is 2.92. The van der Waals surface area contributed by atoms with Crippen molar-refractivity contribution in [1.29, 1.82) is 0 Å². The SMILES string of the molecule is Cc1sc2ncnc(Sc3ccccc3C(=O)NCCc3cccs3)c2c1C. The molecule has 3 aromatic heterocycles. The van der Waals surface area contributed by atoms with E-state index in [1.165, 1.54) is 27.1 Å². The molecule has 0 aliphatic heterocycles. The highest BCUT2D eigenvalue weighted by Gasteiger charge is 2.16. The minimum atomic E-state index is -0.0526.